The van der Waals surface area contributed by atoms with Crippen molar-refractivity contribution in [2.24, 2.45) is 5.92 Å². The van der Waals surface area contributed by atoms with Crippen LogP contribution in [0.5, 0.6) is 0 Å². The molecule has 2 heterocycles. The predicted octanol–water partition coefficient (Wildman–Crippen LogP) is 2.78. The number of pyridine rings is 1. The van der Waals surface area contributed by atoms with Crippen molar-refractivity contribution in [3.8, 4) is 0 Å². The Morgan fingerprint density at radius 2 is 2.05 bits per heavy atom. The third-order valence-electron chi connectivity index (χ3n) is 4.96. The van der Waals surface area contributed by atoms with Crippen molar-refractivity contribution in [1.82, 2.24) is 14.8 Å². The van der Waals surface area contributed by atoms with Gasteiger partial charge in [0.15, 0.2) is 0 Å². The van der Waals surface area contributed by atoms with Gasteiger partial charge in [-0.25, -0.2) is 0 Å². The van der Waals surface area contributed by atoms with E-state index in [1.165, 1.54) is 57.4 Å². The summed E-state index contributed by atoms with van der Waals surface area (Å²) in [6, 6.07) is 5.08. The van der Waals surface area contributed by atoms with Gasteiger partial charge in [0.05, 0.1) is 0 Å². The Morgan fingerprint density at radius 3 is 2.75 bits per heavy atom. The number of hydrogen-bond donors (Lipinski definition) is 0. The Kier molecular flexibility index (Phi) is 4.69. The zero-order chi connectivity index (χ0) is 13.8. The van der Waals surface area contributed by atoms with Crippen LogP contribution in [0.25, 0.3) is 0 Å². The zero-order valence-electron chi connectivity index (χ0n) is 12.7. The van der Waals surface area contributed by atoms with Crippen molar-refractivity contribution >= 4 is 0 Å². The Balaban J connectivity index is 1.47. The Morgan fingerprint density at radius 1 is 1.20 bits per heavy atom. The summed E-state index contributed by atoms with van der Waals surface area (Å²) in [5, 5.41) is 0. The number of rotatable bonds is 3. The third kappa shape index (κ3) is 3.58. The quantitative estimate of drug-likeness (QED) is 0.844. The molecule has 1 aliphatic carbocycles. The highest BCUT2D eigenvalue weighted by molar-refractivity contribution is 5.08. The molecule has 2 atom stereocenters. The number of piperazine rings is 1. The van der Waals surface area contributed by atoms with Crippen LogP contribution in [0, 0.1) is 5.92 Å². The van der Waals surface area contributed by atoms with Crippen molar-refractivity contribution < 1.29 is 0 Å². The molecule has 20 heavy (non-hydrogen) atoms. The Bertz CT molecular complexity index is 398. The molecule has 0 aromatic carbocycles. The SMILES string of the molecule is CC1CCCC(N2CCN(Cc3cccnc3)CC2)C1. The van der Waals surface area contributed by atoms with Gasteiger partial charge < -0.3 is 0 Å². The van der Waals surface area contributed by atoms with Crippen molar-refractivity contribution in [1.29, 1.82) is 0 Å². The fourth-order valence-electron chi connectivity index (χ4n) is 3.77. The monoisotopic (exact) mass is 273 g/mol. The van der Waals surface area contributed by atoms with E-state index in [0.29, 0.717) is 0 Å². The lowest BCUT2D eigenvalue weighted by Crippen LogP contribution is -2.50. The van der Waals surface area contributed by atoms with Crippen LogP contribution in [0.1, 0.15) is 38.2 Å². The largest absolute Gasteiger partial charge is 0.298 e. The molecule has 2 aliphatic rings. The summed E-state index contributed by atoms with van der Waals surface area (Å²) < 4.78 is 0. The highest BCUT2D eigenvalue weighted by atomic mass is 15.3. The van der Waals surface area contributed by atoms with Crippen LogP contribution in [0.4, 0.5) is 0 Å². The topological polar surface area (TPSA) is 19.4 Å². The molecule has 3 rings (SSSR count). The molecule has 1 saturated heterocycles. The van der Waals surface area contributed by atoms with E-state index in [4.69, 9.17) is 0 Å². The predicted molar refractivity (Wildman–Crippen MR) is 82.5 cm³/mol. The van der Waals surface area contributed by atoms with Crippen molar-refractivity contribution in [2.75, 3.05) is 26.2 Å². The second-order valence-electron chi connectivity index (χ2n) is 6.60. The normalized spacial score (nSPS) is 29.4. The van der Waals surface area contributed by atoms with Crippen molar-refractivity contribution in [3.63, 3.8) is 0 Å². The molecule has 1 aliphatic heterocycles. The van der Waals surface area contributed by atoms with Crippen LogP contribution in [0.2, 0.25) is 0 Å². The molecule has 3 heteroatoms. The lowest BCUT2D eigenvalue weighted by atomic mass is 9.86. The molecule has 0 amide bonds. The van der Waals surface area contributed by atoms with Gasteiger partial charge in [0.1, 0.15) is 0 Å². The Hall–Kier alpha value is -0.930. The van der Waals surface area contributed by atoms with Crippen molar-refractivity contribution in [2.45, 2.75) is 45.2 Å². The number of nitrogens with zero attached hydrogens (tertiary/aromatic N) is 3. The first-order valence-electron chi connectivity index (χ1n) is 8.16. The van der Waals surface area contributed by atoms with Gasteiger partial charge in [-0.15, -0.1) is 0 Å². The first-order valence-corrected chi connectivity index (χ1v) is 8.16. The first kappa shape index (κ1) is 14.0. The third-order valence-corrected chi connectivity index (χ3v) is 4.96. The molecule has 110 valence electrons. The zero-order valence-corrected chi connectivity index (χ0v) is 12.7. The average Bonchev–Trinajstić information content (AvgIpc) is 2.49. The summed E-state index contributed by atoms with van der Waals surface area (Å²) in [6.45, 7) is 8.39. The van der Waals surface area contributed by atoms with Gasteiger partial charge in [0.25, 0.3) is 0 Å². The van der Waals surface area contributed by atoms with Gasteiger partial charge >= 0.3 is 0 Å². The molecule has 2 fully saturated rings. The van der Waals surface area contributed by atoms with Gasteiger partial charge in [-0.05, 0) is 30.4 Å². The van der Waals surface area contributed by atoms with E-state index in [9.17, 15) is 0 Å². The fraction of sp³-hybridized carbons (Fsp3) is 0.706. The van der Waals surface area contributed by atoms with E-state index >= 15 is 0 Å². The van der Waals surface area contributed by atoms with Gasteiger partial charge in [0, 0.05) is 51.2 Å². The highest BCUT2D eigenvalue weighted by Gasteiger charge is 2.27. The van der Waals surface area contributed by atoms with E-state index in [1.54, 1.807) is 0 Å². The maximum atomic E-state index is 4.21. The molecule has 1 aromatic rings. The second kappa shape index (κ2) is 6.68. The van der Waals surface area contributed by atoms with Crippen LogP contribution in [-0.4, -0.2) is 47.0 Å². The summed E-state index contributed by atoms with van der Waals surface area (Å²) in [5.74, 6) is 0.933. The second-order valence-corrected chi connectivity index (χ2v) is 6.60. The first-order chi connectivity index (χ1) is 9.81. The van der Waals surface area contributed by atoms with E-state index in [-0.39, 0.29) is 0 Å². The molecule has 0 spiro atoms. The summed E-state index contributed by atoms with van der Waals surface area (Å²) in [4.78, 5) is 9.52. The van der Waals surface area contributed by atoms with E-state index in [2.05, 4.69) is 27.8 Å². The van der Waals surface area contributed by atoms with Gasteiger partial charge in [-0.1, -0.05) is 25.8 Å². The van der Waals surface area contributed by atoms with Crippen LogP contribution < -0.4 is 0 Å². The molecule has 0 bridgehead atoms. The Labute approximate surface area is 123 Å². The fourth-order valence-corrected chi connectivity index (χ4v) is 3.77. The van der Waals surface area contributed by atoms with Gasteiger partial charge in [-0.2, -0.15) is 0 Å². The molecule has 3 nitrogen and oxygen atoms in total. The average molecular weight is 273 g/mol. The molecule has 2 unspecified atom stereocenters. The molecule has 1 aromatic heterocycles. The summed E-state index contributed by atoms with van der Waals surface area (Å²) in [7, 11) is 0. The van der Waals surface area contributed by atoms with Crippen LogP contribution >= 0.6 is 0 Å². The minimum Gasteiger partial charge on any atom is -0.298 e. The number of aromatic nitrogens is 1. The van der Waals surface area contributed by atoms with E-state index in [1.807, 2.05) is 18.5 Å². The maximum absolute atomic E-state index is 4.21. The molecular weight excluding hydrogens is 246 g/mol. The van der Waals surface area contributed by atoms with Crippen LogP contribution in [0.15, 0.2) is 24.5 Å². The minimum atomic E-state index is 0.860. The standard InChI is InChI=1S/C17H27N3/c1-15-4-2-6-17(12-15)20-10-8-19(9-11-20)14-16-5-3-7-18-13-16/h3,5,7,13,15,17H,2,4,6,8-12,14H2,1H3. The van der Waals surface area contributed by atoms with Gasteiger partial charge in [0.2, 0.25) is 0 Å². The van der Waals surface area contributed by atoms with Crippen molar-refractivity contribution in [3.05, 3.63) is 30.1 Å². The van der Waals surface area contributed by atoms with E-state index in [0.717, 1.165) is 18.5 Å². The summed E-state index contributed by atoms with van der Waals surface area (Å²) in [6.07, 6.45) is 9.57. The minimum absolute atomic E-state index is 0.860. The number of hydrogen-bond acceptors (Lipinski definition) is 3. The highest BCUT2D eigenvalue weighted by Crippen LogP contribution is 2.28. The lowest BCUT2D eigenvalue weighted by Gasteiger charge is -2.42. The van der Waals surface area contributed by atoms with Crippen LogP contribution in [-0.2, 0) is 6.54 Å². The smallest absolute Gasteiger partial charge is 0.0312 e. The maximum Gasteiger partial charge on any atom is 0.0312 e. The summed E-state index contributed by atoms with van der Waals surface area (Å²) >= 11 is 0. The summed E-state index contributed by atoms with van der Waals surface area (Å²) in [5.41, 5.74) is 1.34. The molecule has 0 N–H and O–H groups in total. The molecular formula is C17H27N3. The molecule has 0 radical (unpaired) electrons. The van der Waals surface area contributed by atoms with Crippen LogP contribution in [0.3, 0.4) is 0 Å². The molecule has 1 saturated carbocycles. The van der Waals surface area contributed by atoms with Gasteiger partial charge in [-0.3, -0.25) is 14.8 Å². The lowest BCUT2D eigenvalue weighted by molar-refractivity contribution is 0.0659. The van der Waals surface area contributed by atoms with E-state index < -0.39 is 0 Å².